The Morgan fingerprint density at radius 3 is 1.63 bits per heavy atom. The molecule has 0 N–H and O–H groups in total. The summed E-state index contributed by atoms with van der Waals surface area (Å²) in [5, 5.41) is 0. The van der Waals surface area contributed by atoms with Gasteiger partial charge in [-0.1, -0.05) is 121 Å². The molecule has 27 heavy (non-hydrogen) atoms. The van der Waals surface area contributed by atoms with Gasteiger partial charge in [-0.2, -0.15) is 0 Å². The molecule has 0 aromatic rings. The molecule has 0 spiro atoms. The zero-order chi connectivity index (χ0) is 19.5. The molecule has 1 unspecified atom stereocenters. The van der Waals surface area contributed by atoms with Crippen molar-refractivity contribution in [1.82, 2.24) is 0 Å². The topological polar surface area (TPSA) is 26.3 Å². The second-order valence-corrected chi connectivity index (χ2v) is 8.13. The highest BCUT2D eigenvalue weighted by Gasteiger charge is 2.28. The van der Waals surface area contributed by atoms with E-state index in [0.29, 0.717) is 13.0 Å². The van der Waals surface area contributed by atoms with E-state index < -0.39 is 5.60 Å². The SMILES string of the molecule is CCCCCCCCCCCCCCCCCCOC1([C]=O)C=CC=CC1. The number of allylic oxidation sites excluding steroid dienone is 2. The van der Waals surface area contributed by atoms with Crippen molar-refractivity contribution in [3.8, 4) is 0 Å². The van der Waals surface area contributed by atoms with Crippen LogP contribution in [0.15, 0.2) is 24.3 Å². The average molecular weight is 376 g/mol. The van der Waals surface area contributed by atoms with E-state index in [4.69, 9.17) is 4.74 Å². The van der Waals surface area contributed by atoms with Crippen LogP contribution >= 0.6 is 0 Å². The highest BCUT2D eigenvalue weighted by Crippen LogP contribution is 2.21. The number of hydrogen-bond donors (Lipinski definition) is 0. The quantitative estimate of drug-likeness (QED) is 0.217. The average Bonchev–Trinajstić information content (AvgIpc) is 2.71. The summed E-state index contributed by atoms with van der Waals surface area (Å²) in [5.74, 6) is 0. The fourth-order valence-electron chi connectivity index (χ4n) is 3.72. The van der Waals surface area contributed by atoms with Gasteiger partial charge in [0.05, 0.1) is 0 Å². The summed E-state index contributed by atoms with van der Waals surface area (Å²) < 4.78 is 5.78. The second-order valence-electron chi connectivity index (χ2n) is 8.13. The van der Waals surface area contributed by atoms with Crippen LogP contribution in [0.4, 0.5) is 0 Å². The number of unbranched alkanes of at least 4 members (excludes halogenated alkanes) is 15. The first kappa shape index (κ1) is 24.1. The van der Waals surface area contributed by atoms with Gasteiger partial charge in [0.15, 0.2) is 5.60 Å². The predicted octanol–water partition coefficient (Wildman–Crippen LogP) is 7.63. The maximum atomic E-state index is 11.1. The molecule has 1 aliphatic carbocycles. The fourth-order valence-corrected chi connectivity index (χ4v) is 3.72. The Morgan fingerprint density at radius 2 is 1.22 bits per heavy atom. The van der Waals surface area contributed by atoms with E-state index in [1.165, 1.54) is 96.3 Å². The maximum Gasteiger partial charge on any atom is 0.237 e. The van der Waals surface area contributed by atoms with Gasteiger partial charge in [-0.3, -0.25) is 4.79 Å². The van der Waals surface area contributed by atoms with Crippen molar-refractivity contribution in [2.24, 2.45) is 0 Å². The molecule has 0 aliphatic heterocycles. The Morgan fingerprint density at radius 1 is 0.741 bits per heavy atom. The fraction of sp³-hybridized carbons (Fsp3) is 0.800. The van der Waals surface area contributed by atoms with E-state index in [9.17, 15) is 4.79 Å². The van der Waals surface area contributed by atoms with Crippen LogP contribution in [-0.4, -0.2) is 18.5 Å². The van der Waals surface area contributed by atoms with Crippen LogP contribution in [0.1, 0.15) is 116 Å². The van der Waals surface area contributed by atoms with Crippen LogP contribution < -0.4 is 0 Å². The van der Waals surface area contributed by atoms with Crippen LogP contribution in [0.5, 0.6) is 0 Å². The normalized spacial score (nSPS) is 18.9. The minimum Gasteiger partial charge on any atom is -0.362 e. The molecule has 1 rings (SSSR count). The molecule has 1 radical (unpaired) electrons. The van der Waals surface area contributed by atoms with Gasteiger partial charge in [-0.25, -0.2) is 0 Å². The first-order valence-corrected chi connectivity index (χ1v) is 11.7. The molecule has 1 aliphatic rings. The van der Waals surface area contributed by atoms with E-state index in [0.717, 1.165) is 6.42 Å². The monoisotopic (exact) mass is 375 g/mol. The van der Waals surface area contributed by atoms with Gasteiger partial charge in [-0.15, -0.1) is 0 Å². The second kappa shape index (κ2) is 17.2. The Bertz CT molecular complexity index is 399. The summed E-state index contributed by atoms with van der Waals surface area (Å²) in [6.07, 6.45) is 32.2. The van der Waals surface area contributed by atoms with Gasteiger partial charge in [0.2, 0.25) is 6.29 Å². The van der Waals surface area contributed by atoms with Crippen LogP contribution in [-0.2, 0) is 9.53 Å². The zero-order valence-corrected chi connectivity index (χ0v) is 17.9. The summed E-state index contributed by atoms with van der Waals surface area (Å²) in [4.78, 5) is 11.1. The Balaban J connectivity index is 1.77. The van der Waals surface area contributed by atoms with Gasteiger partial charge in [0, 0.05) is 13.0 Å². The number of carbonyl (C=O) groups excluding carboxylic acids is 1. The lowest BCUT2D eigenvalue weighted by Crippen LogP contribution is -2.32. The number of rotatable bonds is 19. The molecule has 2 heteroatoms. The lowest BCUT2D eigenvalue weighted by Gasteiger charge is -2.24. The Kier molecular flexibility index (Phi) is 15.4. The van der Waals surface area contributed by atoms with Crippen molar-refractivity contribution in [2.45, 2.75) is 122 Å². The van der Waals surface area contributed by atoms with Crippen LogP contribution in [0.25, 0.3) is 0 Å². The standard InChI is InChI=1S/C25H43O2/c1-2-3-4-5-6-7-8-9-10-11-12-13-14-15-16-20-23-27-25(24-26)21-18-17-19-22-25/h17-19,21H,2-16,20,22-23H2,1H3. The van der Waals surface area contributed by atoms with Crippen molar-refractivity contribution >= 4 is 6.29 Å². The van der Waals surface area contributed by atoms with E-state index in [2.05, 4.69) is 13.2 Å². The molecule has 0 bridgehead atoms. The van der Waals surface area contributed by atoms with E-state index in [1.807, 2.05) is 24.3 Å². The molecule has 155 valence electrons. The molecule has 0 aromatic heterocycles. The first-order chi connectivity index (χ1) is 13.3. The van der Waals surface area contributed by atoms with Crippen LogP contribution in [0.3, 0.4) is 0 Å². The van der Waals surface area contributed by atoms with Crippen molar-refractivity contribution in [3.63, 3.8) is 0 Å². The van der Waals surface area contributed by atoms with E-state index in [-0.39, 0.29) is 0 Å². The minimum atomic E-state index is -0.815. The molecule has 0 saturated heterocycles. The third-order valence-electron chi connectivity index (χ3n) is 5.56. The summed E-state index contributed by atoms with van der Waals surface area (Å²) in [7, 11) is 0. The third-order valence-corrected chi connectivity index (χ3v) is 5.56. The largest absolute Gasteiger partial charge is 0.362 e. The lowest BCUT2D eigenvalue weighted by molar-refractivity contribution is 0.0391. The predicted molar refractivity (Wildman–Crippen MR) is 117 cm³/mol. The van der Waals surface area contributed by atoms with Crippen molar-refractivity contribution in [1.29, 1.82) is 0 Å². The summed E-state index contributed by atoms with van der Waals surface area (Å²) >= 11 is 0. The van der Waals surface area contributed by atoms with Crippen molar-refractivity contribution in [3.05, 3.63) is 24.3 Å². The summed E-state index contributed by atoms with van der Waals surface area (Å²) in [6, 6.07) is 0. The Labute approximate surface area is 168 Å². The van der Waals surface area contributed by atoms with E-state index >= 15 is 0 Å². The highest BCUT2D eigenvalue weighted by atomic mass is 16.5. The molecule has 2 nitrogen and oxygen atoms in total. The minimum absolute atomic E-state index is 0.617. The highest BCUT2D eigenvalue weighted by molar-refractivity contribution is 5.68. The molecular formula is C25H43O2. The van der Waals surface area contributed by atoms with E-state index in [1.54, 1.807) is 0 Å². The summed E-state index contributed by atoms with van der Waals surface area (Å²) in [6.45, 7) is 2.94. The molecule has 0 fully saturated rings. The third kappa shape index (κ3) is 13.0. The van der Waals surface area contributed by atoms with Gasteiger partial charge >= 0.3 is 0 Å². The molecule has 0 saturated carbocycles. The van der Waals surface area contributed by atoms with Crippen molar-refractivity contribution < 1.29 is 9.53 Å². The molecule has 0 heterocycles. The molecular weight excluding hydrogens is 332 g/mol. The molecule has 0 aromatic carbocycles. The van der Waals surface area contributed by atoms with Gasteiger partial charge < -0.3 is 4.74 Å². The van der Waals surface area contributed by atoms with Gasteiger partial charge in [0.25, 0.3) is 0 Å². The summed E-state index contributed by atoms with van der Waals surface area (Å²) in [5.41, 5.74) is -0.815. The number of hydrogen-bond acceptors (Lipinski definition) is 2. The lowest BCUT2D eigenvalue weighted by atomic mass is 9.97. The maximum absolute atomic E-state index is 11.1. The molecule has 1 atom stereocenters. The van der Waals surface area contributed by atoms with Crippen LogP contribution in [0.2, 0.25) is 0 Å². The van der Waals surface area contributed by atoms with Crippen molar-refractivity contribution in [2.75, 3.05) is 6.61 Å². The zero-order valence-electron chi connectivity index (χ0n) is 17.9. The van der Waals surface area contributed by atoms with Gasteiger partial charge in [-0.05, 0) is 12.5 Å². The van der Waals surface area contributed by atoms with Crippen LogP contribution in [0, 0.1) is 0 Å². The Hall–Kier alpha value is -0.890. The van der Waals surface area contributed by atoms with Gasteiger partial charge in [0.1, 0.15) is 0 Å². The molecule has 0 amide bonds. The number of ether oxygens (including phenoxy) is 1. The first-order valence-electron chi connectivity index (χ1n) is 11.7. The smallest absolute Gasteiger partial charge is 0.237 e.